The van der Waals surface area contributed by atoms with Gasteiger partial charge in [0.1, 0.15) is 17.1 Å². The van der Waals surface area contributed by atoms with Crippen LogP contribution in [0, 0.1) is 5.82 Å². The Morgan fingerprint density at radius 1 is 1.11 bits per heavy atom. The quantitative estimate of drug-likeness (QED) is 0.498. The van der Waals surface area contributed by atoms with Gasteiger partial charge in [-0.15, -0.1) is 0 Å². The highest BCUT2D eigenvalue weighted by Crippen LogP contribution is 2.25. The van der Waals surface area contributed by atoms with Gasteiger partial charge < -0.3 is 4.74 Å². The number of halogens is 1. The molecule has 0 spiro atoms. The summed E-state index contributed by atoms with van der Waals surface area (Å²) in [6.07, 6.45) is 1.47. The molecule has 5 nitrogen and oxygen atoms in total. The summed E-state index contributed by atoms with van der Waals surface area (Å²) in [5, 5.41) is 2.27. The number of nitrogens with zero attached hydrogens (tertiary/aromatic N) is 1. The molecule has 2 aromatic rings. The second kappa shape index (κ2) is 7.67. The molecule has 1 aliphatic heterocycles. The van der Waals surface area contributed by atoms with Crippen molar-refractivity contribution in [2.75, 3.05) is 4.90 Å². The van der Waals surface area contributed by atoms with Gasteiger partial charge in [0.2, 0.25) is 0 Å². The maximum Gasteiger partial charge on any atom is 0.270 e. The van der Waals surface area contributed by atoms with Crippen molar-refractivity contribution in [1.82, 2.24) is 5.32 Å². The molecule has 0 bridgehead atoms. The molecule has 1 saturated heterocycles. The number of rotatable bonds is 4. The normalized spacial score (nSPS) is 16.1. The summed E-state index contributed by atoms with van der Waals surface area (Å²) in [5.74, 6) is -1.24. The predicted molar refractivity (Wildman–Crippen MR) is 105 cm³/mol. The van der Waals surface area contributed by atoms with E-state index in [1.807, 2.05) is 13.8 Å². The molecule has 3 rings (SSSR count). The van der Waals surface area contributed by atoms with Crippen molar-refractivity contribution in [3.63, 3.8) is 0 Å². The Kier molecular flexibility index (Phi) is 5.32. The fourth-order valence-corrected chi connectivity index (χ4v) is 2.86. The first kappa shape index (κ1) is 18.7. The number of hydrogen-bond donors (Lipinski definition) is 1. The number of thiocarbonyl (C=S) groups is 1. The van der Waals surface area contributed by atoms with E-state index in [-0.39, 0.29) is 22.5 Å². The monoisotopic (exact) mass is 384 g/mol. The van der Waals surface area contributed by atoms with Crippen LogP contribution in [-0.4, -0.2) is 23.0 Å². The first-order chi connectivity index (χ1) is 12.9. The summed E-state index contributed by atoms with van der Waals surface area (Å²) in [5.41, 5.74) is 0.481. The van der Waals surface area contributed by atoms with Gasteiger partial charge in [0.15, 0.2) is 5.11 Å². The average molecular weight is 384 g/mol. The van der Waals surface area contributed by atoms with Gasteiger partial charge in [-0.25, -0.2) is 9.29 Å². The van der Waals surface area contributed by atoms with E-state index >= 15 is 0 Å². The summed E-state index contributed by atoms with van der Waals surface area (Å²) < 4.78 is 19.7. The molecule has 0 aromatic heterocycles. The molecule has 0 unspecified atom stereocenters. The van der Waals surface area contributed by atoms with E-state index in [0.29, 0.717) is 11.3 Å². The maximum absolute atomic E-state index is 14.1. The van der Waals surface area contributed by atoms with Crippen molar-refractivity contribution >= 4 is 40.9 Å². The molecule has 0 radical (unpaired) electrons. The lowest BCUT2D eigenvalue weighted by Gasteiger charge is -2.29. The van der Waals surface area contributed by atoms with Crippen LogP contribution in [0.2, 0.25) is 0 Å². The van der Waals surface area contributed by atoms with Crippen LogP contribution >= 0.6 is 12.2 Å². The fraction of sp³-hybridized carbons (Fsp3) is 0.150. The molecule has 7 heteroatoms. The highest BCUT2D eigenvalue weighted by molar-refractivity contribution is 7.80. The summed E-state index contributed by atoms with van der Waals surface area (Å²) in [6.45, 7) is 3.84. The molecule has 1 fully saturated rings. The zero-order chi connectivity index (χ0) is 19.6. The number of hydrogen-bond acceptors (Lipinski definition) is 4. The number of benzene rings is 2. The Morgan fingerprint density at radius 2 is 1.78 bits per heavy atom. The lowest BCUT2D eigenvalue weighted by molar-refractivity contribution is -0.122. The molecule has 27 heavy (non-hydrogen) atoms. The third-order valence-electron chi connectivity index (χ3n) is 3.76. The largest absolute Gasteiger partial charge is 0.491 e. The summed E-state index contributed by atoms with van der Waals surface area (Å²) in [6, 6.07) is 12.7. The Hall–Kier alpha value is -3.06. The van der Waals surface area contributed by atoms with Crippen LogP contribution in [0.3, 0.4) is 0 Å². The molecular formula is C20H17FN2O3S. The molecule has 1 aliphatic rings. The lowest BCUT2D eigenvalue weighted by atomic mass is 10.1. The second-order valence-electron chi connectivity index (χ2n) is 6.14. The van der Waals surface area contributed by atoms with Crippen LogP contribution in [0.1, 0.15) is 19.4 Å². The Balaban J connectivity index is 1.93. The topological polar surface area (TPSA) is 58.6 Å². The van der Waals surface area contributed by atoms with Crippen LogP contribution in [0.4, 0.5) is 10.1 Å². The van der Waals surface area contributed by atoms with E-state index in [4.69, 9.17) is 17.0 Å². The van der Waals surface area contributed by atoms with Crippen molar-refractivity contribution in [2.45, 2.75) is 20.0 Å². The maximum atomic E-state index is 14.1. The SMILES string of the molecule is CC(C)Oc1ccc(/C=C2\C(=O)NC(=S)N(c3ccccc3F)C2=O)cc1. The predicted octanol–water partition coefficient (Wildman–Crippen LogP) is 3.44. The zero-order valence-electron chi connectivity index (χ0n) is 14.7. The molecule has 1 N–H and O–H groups in total. The van der Waals surface area contributed by atoms with Gasteiger partial charge in [0.05, 0.1) is 11.8 Å². The summed E-state index contributed by atoms with van der Waals surface area (Å²) >= 11 is 5.06. The molecule has 2 amide bonds. The van der Waals surface area contributed by atoms with Crippen molar-refractivity contribution in [1.29, 1.82) is 0 Å². The van der Waals surface area contributed by atoms with Crippen LogP contribution in [-0.2, 0) is 9.59 Å². The van der Waals surface area contributed by atoms with Crippen LogP contribution in [0.25, 0.3) is 6.08 Å². The highest BCUT2D eigenvalue weighted by atomic mass is 32.1. The zero-order valence-corrected chi connectivity index (χ0v) is 15.5. The molecule has 0 saturated carbocycles. The molecule has 2 aromatic carbocycles. The number of para-hydroxylation sites is 1. The molecule has 0 atom stereocenters. The first-order valence-corrected chi connectivity index (χ1v) is 8.70. The lowest BCUT2D eigenvalue weighted by Crippen LogP contribution is -2.54. The van der Waals surface area contributed by atoms with Gasteiger partial charge in [-0.05, 0) is 62.0 Å². The molecule has 0 aliphatic carbocycles. The van der Waals surface area contributed by atoms with Crippen molar-refractivity contribution < 1.29 is 18.7 Å². The van der Waals surface area contributed by atoms with Gasteiger partial charge >= 0.3 is 0 Å². The first-order valence-electron chi connectivity index (χ1n) is 8.29. The third-order valence-corrected chi connectivity index (χ3v) is 4.04. The van der Waals surface area contributed by atoms with Gasteiger partial charge in [-0.2, -0.15) is 0 Å². The van der Waals surface area contributed by atoms with Crippen LogP contribution in [0.5, 0.6) is 5.75 Å². The number of nitrogens with one attached hydrogen (secondary N) is 1. The van der Waals surface area contributed by atoms with E-state index in [1.165, 1.54) is 24.3 Å². The average Bonchev–Trinajstić information content (AvgIpc) is 2.61. The van der Waals surface area contributed by atoms with Crippen LogP contribution < -0.4 is 15.0 Å². The van der Waals surface area contributed by atoms with Crippen LogP contribution in [0.15, 0.2) is 54.1 Å². The number of ether oxygens (including phenoxy) is 1. The smallest absolute Gasteiger partial charge is 0.270 e. The minimum absolute atomic E-state index is 0.0147. The number of anilines is 1. The second-order valence-corrected chi connectivity index (χ2v) is 6.53. The van der Waals surface area contributed by atoms with E-state index in [2.05, 4.69) is 5.32 Å². The highest BCUT2D eigenvalue weighted by Gasteiger charge is 2.35. The third kappa shape index (κ3) is 4.03. The van der Waals surface area contributed by atoms with E-state index in [9.17, 15) is 14.0 Å². The fourth-order valence-electron chi connectivity index (χ4n) is 2.59. The van der Waals surface area contributed by atoms with Gasteiger partial charge in [0.25, 0.3) is 11.8 Å². The Bertz CT molecular complexity index is 938. The van der Waals surface area contributed by atoms with Crippen molar-refractivity contribution in [3.05, 3.63) is 65.5 Å². The standard InChI is InChI=1S/C20H17FN2O3S/c1-12(2)26-14-9-7-13(8-10-14)11-15-18(24)22-20(27)23(19(15)25)17-6-4-3-5-16(17)21/h3-12H,1-2H3,(H,22,24,27)/b15-11+. The van der Waals surface area contributed by atoms with Crippen molar-refractivity contribution in [2.24, 2.45) is 0 Å². The number of amides is 2. The van der Waals surface area contributed by atoms with Gasteiger partial charge in [-0.3, -0.25) is 14.9 Å². The molecule has 138 valence electrons. The molecular weight excluding hydrogens is 367 g/mol. The van der Waals surface area contributed by atoms with Crippen molar-refractivity contribution in [3.8, 4) is 5.75 Å². The summed E-state index contributed by atoms with van der Waals surface area (Å²) in [4.78, 5) is 26.1. The van der Waals surface area contributed by atoms with E-state index in [1.54, 1.807) is 30.3 Å². The van der Waals surface area contributed by atoms with Gasteiger partial charge in [0, 0.05) is 0 Å². The minimum Gasteiger partial charge on any atom is -0.491 e. The Morgan fingerprint density at radius 3 is 2.41 bits per heavy atom. The number of carbonyl (C=O) groups excluding carboxylic acids is 2. The Labute approximate surface area is 161 Å². The number of carbonyl (C=O) groups is 2. The molecule has 1 heterocycles. The summed E-state index contributed by atoms with van der Waals surface area (Å²) in [7, 11) is 0. The van der Waals surface area contributed by atoms with Gasteiger partial charge in [-0.1, -0.05) is 24.3 Å². The van der Waals surface area contributed by atoms with E-state index < -0.39 is 17.6 Å². The minimum atomic E-state index is -0.684. The van der Waals surface area contributed by atoms with E-state index in [0.717, 1.165) is 4.90 Å².